The van der Waals surface area contributed by atoms with Crippen molar-refractivity contribution < 1.29 is 13.2 Å². The molecule has 1 aromatic rings. The molecule has 1 saturated heterocycles. The molecule has 1 aromatic heterocycles. The quantitative estimate of drug-likeness (QED) is 0.627. The van der Waals surface area contributed by atoms with Gasteiger partial charge < -0.3 is 0 Å². The maximum atomic E-state index is 11.8. The van der Waals surface area contributed by atoms with Crippen LogP contribution in [0, 0.1) is 6.92 Å². The number of carbonyl (C=O) groups is 1. The average Bonchev–Trinajstić information content (AvgIpc) is 2.89. The number of aryl methyl sites for hydroxylation is 1. The van der Waals surface area contributed by atoms with Crippen molar-refractivity contribution in [2.45, 2.75) is 44.5 Å². The summed E-state index contributed by atoms with van der Waals surface area (Å²) >= 11 is 4.39. The standard InChI is InChI=1S/C12H20N4O3S2/c1-8-12(9(2)17)13-14-15(8)5-4-10-6-11(20)7-16(10)21(3,18)19/h10-11,20H,4-7H2,1-3H3. The molecule has 0 aromatic carbocycles. The van der Waals surface area contributed by atoms with Crippen molar-refractivity contribution >= 4 is 28.4 Å². The van der Waals surface area contributed by atoms with E-state index in [1.54, 1.807) is 11.6 Å². The Morgan fingerprint density at radius 3 is 2.67 bits per heavy atom. The monoisotopic (exact) mass is 332 g/mol. The van der Waals surface area contributed by atoms with Crippen LogP contribution in [0.15, 0.2) is 0 Å². The summed E-state index contributed by atoms with van der Waals surface area (Å²) in [6.45, 7) is 4.22. The van der Waals surface area contributed by atoms with Gasteiger partial charge in [0.05, 0.1) is 11.9 Å². The highest BCUT2D eigenvalue weighted by Gasteiger charge is 2.35. The highest BCUT2D eigenvalue weighted by Crippen LogP contribution is 2.27. The number of ketones is 1. The number of nitrogens with zero attached hydrogens (tertiary/aromatic N) is 4. The number of carbonyl (C=O) groups excluding carboxylic acids is 1. The molecule has 0 saturated carbocycles. The fraction of sp³-hybridized carbons (Fsp3) is 0.750. The molecule has 21 heavy (non-hydrogen) atoms. The lowest BCUT2D eigenvalue weighted by Crippen LogP contribution is -2.35. The summed E-state index contributed by atoms with van der Waals surface area (Å²) in [4.78, 5) is 11.4. The van der Waals surface area contributed by atoms with E-state index < -0.39 is 10.0 Å². The Morgan fingerprint density at radius 2 is 2.14 bits per heavy atom. The van der Waals surface area contributed by atoms with Gasteiger partial charge in [-0.1, -0.05) is 5.21 Å². The van der Waals surface area contributed by atoms with Gasteiger partial charge in [-0.15, -0.1) is 5.10 Å². The molecule has 0 amide bonds. The first-order valence-corrected chi connectivity index (χ1v) is 9.12. The second-order valence-electron chi connectivity index (χ2n) is 5.47. The zero-order valence-corrected chi connectivity index (χ0v) is 14.1. The van der Waals surface area contributed by atoms with Crippen molar-refractivity contribution in [3.8, 4) is 0 Å². The van der Waals surface area contributed by atoms with Crippen LogP contribution in [0.25, 0.3) is 0 Å². The second-order valence-corrected chi connectivity index (χ2v) is 8.13. The van der Waals surface area contributed by atoms with Crippen molar-refractivity contribution in [1.82, 2.24) is 19.3 Å². The molecule has 1 aliphatic heterocycles. The number of sulfonamides is 1. The van der Waals surface area contributed by atoms with Crippen LogP contribution in [0.5, 0.6) is 0 Å². The van der Waals surface area contributed by atoms with E-state index in [9.17, 15) is 13.2 Å². The Morgan fingerprint density at radius 1 is 1.48 bits per heavy atom. The number of aromatic nitrogens is 3. The predicted octanol–water partition coefficient (Wildman–Crippen LogP) is 0.512. The van der Waals surface area contributed by atoms with Crippen LogP contribution in [-0.4, -0.2) is 57.6 Å². The van der Waals surface area contributed by atoms with Crippen molar-refractivity contribution in [2.24, 2.45) is 0 Å². The zero-order valence-electron chi connectivity index (χ0n) is 12.4. The van der Waals surface area contributed by atoms with Crippen LogP contribution in [0.3, 0.4) is 0 Å². The molecular formula is C12H20N4O3S2. The van der Waals surface area contributed by atoms with Gasteiger partial charge in [0.15, 0.2) is 11.5 Å². The van der Waals surface area contributed by atoms with Gasteiger partial charge in [0, 0.05) is 31.3 Å². The molecule has 7 nitrogen and oxygen atoms in total. The predicted molar refractivity (Wildman–Crippen MR) is 82.1 cm³/mol. The van der Waals surface area contributed by atoms with Crippen molar-refractivity contribution in [3.05, 3.63) is 11.4 Å². The number of Topliss-reactive ketones (excluding diaryl/α,β-unsaturated/α-hetero) is 1. The molecule has 2 atom stereocenters. The highest BCUT2D eigenvalue weighted by molar-refractivity contribution is 7.88. The lowest BCUT2D eigenvalue weighted by molar-refractivity contribution is 0.101. The lowest BCUT2D eigenvalue weighted by atomic mass is 10.1. The molecule has 0 spiro atoms. The van der Waals surface area contributed by atoms with Crippen LogP contribution in [-0.2, 0) is 16.6 Å². The van der Waals surface area contributed by atoms with Crippen molar-refractivity contribution in [1.29, 1.82) is 0 Å². The first-order chi connectivity index (χ1) is 9.70. The minimum absolute atomic E-state index is 0.0642. The summed E-state index contributed by atoms with van der Waals surface area (Å²) < 4.78 is 26.7. The van der Waals surface area contributed by atoms with E-state index in [4.69, 9.17) is 0 Å². The van der Waals surface area contributed by atoms with Crippen molar-refractivity contribution in [3.63, 3.8) is 0 Å². The molecule has 2 heterocycles. The summed E-state index contributed by atoms with van der Waals surface area (Å²) in [6, 6.07) is -0.0770. The normalized spacial score (nSPS) is 23.6. The summed E-state index contributed by atoms with van der Waals surface area (Å²) in [5.74, 6) is -0.118. The van der Waals surface area contributed by atoms with Gasteiger partial charge in [0.25, 0.3) is 0 Å². The highest BCUT2D eigenvalue weighted by atomic mass is 32.2. The Balaban J connectivity index is 2.07. The van der Waals surface area contributed by atoms with Gasteiger partial charge in [-0.3, -0.25) is 4.79 Å². The van der Waals surface area contributed by atoms with Gasteiger partial charge in [-0.05, 0) is 19.8 Å². The molecule has 0 radical (unpaired) electrons. The Hall–Kier alpha value is -0.930. The maximum Gasteiger partial charge on any atom is 0.211 e. The number of thiol groups is 1. The number of hydrogen-bond acceptors (Lipinski definition) is 6. The zero-order chi connectivity index (χ0) is 15.8. The fourth-order valence-electron chi connectivity index (χ4n) is 2.70. The topological polar surface area (TPSA) is 85.2 Å². The molecule has 2 rings (SSSR count). The third-order valence-electron chi connectivity index (χ3n) is 3.76. The first kappa shape index (κ1) is 16.4. The van der Waals surface area contributed by atoms with E-state index in [1.165, 1.54) is 17.5 Å². The van der Waals surface area contributed by atoms with E-state index in [-0.39, 0.29) is 17.1 Å². The third-order valence-corrected chi connectivity index (χ3v) is 5.43. The van der Waals surface area contributed by atoms with Gasteiger partial charge >= 0.3 is 0 Å². The number of hydrogen-bond donors (Lipinski definition) is 1. The molecule has 1 fully saturated rings. The van der Waals surface area contributed by atoms with Crippen LogP contribution in [0.4, 0.5) is 0 Å². The molecular weight excluding hydrogens is 312 g/mol. The molecule has 9 heteroatoms. The Labute approximate surface area is 130 Å². The molecule has 118 valence electrons. The summed E-state index contributed by atoms with van der Waals surface area (Å²) in [5, 5.41) is 7.89. The maximum absolute atomic E-state index is 11.8. The average molecular weight is 332 g/mol. The van der Waals surface area contributed by atoms with E-state index in [0.29, 0.717) is 30.9 Å². The van der Waals surface area contributed by atoms with E-state index in [0.717, 1.165) is 6.42 Å². The van der Waals surface area contributed by atoms with E-state index in [2.05, 4.69) is 22.9 Å². The van der Waals surface area contributed by atoms with Crippen molar-refractivity contribution in [2.75, 3.05) is 12.8 Å². The van der Waals surface area contributed by atoms with Gasteiger partial charge in [0.2, 0.25) is 10.0 Å². The lowest BCUT2D eigenvalue weighted by Gasteiger charge is -2.21. The minimum atomic E-state index is -3.22. The third kappa shape index (κ3) is 3.64. The van der Waals surface area contributed by atoms with Crippen LogP contribution < -0.4 is 0 Å². The molecule has 0 aliphatic carbocycles. The minimum Gasteiger partial charge on any atom is -0.293 e. The largest absolute Gasteiger partial charge is 0.293 e. The van der Waals surface area contributed by atoms with Gasteiger partial charge in [0.1, 0.15) is 0 Å². The molecule has 2 unspecified atom stereocenters. The van der Waals surface area contributed by atoms with Gasteiger partial charge in [-0.2, -0.15) is 16.9 Å². The van der Waals surface area contributed by atoms with Crippen LogP contribution >= 0.6 is 12.6 Å². The summed E-state index contributed by atoms with van der Waals surface area (Å²) in [5.41, 5.74) is 1.09. The fourth-order valence-corrected chi connectivity index (χ4v) is 4.41. The molecule has 1 aliphatic rings. The molecule has 0 bridgehead atoms. The van der Waals surface area contributed by atoms with Crippen LogP contribution in [0.1, 0.15) is 35.9 Å². The Kier molecular flexibility index (Phi) is 4.74. The van der Waals surface area contributed by atoms with E-state index in [1.807, 2.05) is 0 Å². The number of rotatable bonds is 5. The SMILES string of the molecule is CC(=O)c1nnn(CCC2CC(S)CN2S(C)(=O)=O)c1C. The van der Waals surface area contributed by atoms with E-state index >= 15 is 0 Å². The first-order valence-electron chi connectivity index (χ1n) is 6.76. The summed E-state index contributed by atoms with van der Waals surface area (Å²) in [6.07, 6.45) is 2.58. The second kappa shape index (κ2) is 6.05. The smallest absolute Gasteiger partial charge is 0.211 e. The van der Waals surface area contributed by atoms with Crippen LogP contribution in [0.2, 0.25) is 0 Å². The van der Waals surface area contributed by atoms with Gasteiger partial charge in [-0.25, -0.2) is 13.1 Å². The summed E-state index contributed by atoms with van der Waals surface area (Å²) in [7, 11) is -3.22. The molecule has 0 N–H and O–H groups in total. The Bertz CT molecular complexity index is 641.